The number of halogens is 1. The highest BCUT2D eigenvalue weighted by Crippen LogP contribution is 2.29. The van der Waals surface area contributed by atoms with Crippen LogP contribution in [0.25, 0.3) is 5.82 Å². The highest BCUT2D eigenvalue weighted by molar-refractivity contribution is 5.85. The van der Waals surface area contributed by atoms with Crippen LogP contribution in [0.4, 0.5) is 11.6 Å². The maximum absolute atomic E-state index is 9.45. The topological polar surface area (TPSA) is 86.4 Å². The normalized spacial score (nSPS) is 17.6. The van der Waals surface area contributed by atoms with Crippen molar-refractivity contribution in [3.63, 3.8) is 0 Å². The second-order valence-electron chi connectivity index (χ2n) is 8.93. The van der Waals surface area contributed by atoms with E-state index in [1.54, 1.807) is 18.6 Å². The zero-order valence-corrected chi connectivity index (χ0v) is 20.4. The summed E-state index contributed by atoms with van der Waals surface area (Å²) in [4.78, 5) is 21.0. The van der Waals surface area contributed by atoms with E-state index in [0.717, 1.165) is 81.8 Å². The average molecular weight is 485 g/mol. The smallest absolute Gasteiger partial charge is 0.172 e. The minimum Gasteiger partial charge on any atom is -0.396 e. The maximum Gasteiger partial charge on any atom is 0.172 e. The Balaban J connectivity index is 0.00000274. The van der Waals surface area contributed by atoms with Crippen molar-refractivity contribution < 1.29 is 5.11 Å². The molecule has 2 saturated heterocycles. The average Bonchev–Trinajstić information content (AvgIpc) is 3.25. The maximum atomic E-state index is 9.45. The number of aromatic nitrogens is 5. The van der Waals surface area contributed by atoms with Gasteiger partial charge in [0.2, 0.25) is 0 Å². The van der Waals surface area contributed by atoms with E-state index in [1.165, 1.54) is 5.56 Å². The number of aliphatic hydroxyl groups excluding tert-OH is 1. The Labute approximate surface area is 206 Å². The molecule has 3 aromatic rings. The molecule has 5 rings (SSSR count). The molecule has 0 saturated carbocycles. The molecule has 1 N–H and O–H groups in total. The standard InChI is InChI=1S/C24H32N8O.ClH/c1-19-21(16-28-32(19)22-4-2-3-7-25-22)17-29-12-14-31(15-13-29)24-23(26-8-9-27-24)30-10-5-20(18-33)6-11-30;/h2-4,7-9,16,20,33H,5-6,10-15,17-18H2,1H3;1H. The van der Waals surface area contributed by atoms with Gasteiger partial charge in [-0.3, -0.25) is 4.90 Å². The highest BCUT2D eigenvalue weighted by Gasteiger charge is 2.26. The lowest BCUT2D eigenvalue weighted by atomic mass is 9.98. The minimum absolute atomic E-state index is 0. The van der Waals surface area contributed by atoms with Gasteiger partial charge >= 0.3 is 0 Å². The summed E-state index contributed by atoms with van der Waals surface area (Å²) in [7, 11) is 0. The van der Waals surface area contributed by atoms with Gasteiger partial charge in [-0.05, 0) is 37.8 Å². The summed E-state index contributed by atoms with van der Waals surface area (Å²) in [6.07, 6.45) is 9.35. The quantitative estimate of drug-likeness (QED) is 0.570. The minimum atomic E-state index is 0. The number of aliphatic hydroxyl groups is 1. The summed E-state index contributed by atoms with van der Waals surface area (Å²) in [6, 6.07) is 5.88. The molecule has 0 aliphatic carbocycles. The van der Waals surface area contributed by atoms with E-state index < -0.39 is 0 Å². The van der Waals surface area contributed by atoms with Crippen molar-refractivity contribution >= 4 is 24.0 Å². The van der Waals surface area contributed by atoms with Crippen LogP contribution in [0.1, 0.15) is 24.1 Å². The first-order chi connectivity index (χ1) is 16.2. The van der Waals surface area contributed by atoms with Gasteiger partial charge in [-0.15, -0.1) is 12.4 Å². The number of hydrogen-bond donors (Lipinski definition) is 1. The van der Waals surface area contributed by atoms with E-state index in [0.29, 0.717) is 5.92 Å². The predicted octanol–water partition coefficient (Wildman–Crippen LogP) is 2.32. The van der Waals surface area contributed by atoms with E-state index in [4.69, 9.17) is 4.98 Å². The molecule has 182 valence electrons. The third-order valence-corrected chi connectivity index (χ3v) is 6.88. The van der Waals surface area contributed by atoms with Crippen molar-refractivity contribution in [2.24, 2.45) is 5.92 Å². The largest absolute Gasteiger partial charge is 0.396 e. The fraction of sp³-hybridized carbons (Fsp3) is 0.500. The lowest BCUT2D eigenvalue weighted by molar-refractivity contribution is 0.202. The van der Waals surface area contributed by atoms with Crippen molar-refractivity contribution in [1.82, 2.24) is 29.6 Å². The Kier molecular flexibility index (Phi) is 7.97. The van der Waals surface area contributed by atoms with Gasteiger partial charge < -0.3 is 14.9 Å². The zero-order valence-electron chi connectivity index (χ0n) is 19.6. The summed E-state index contributed by atoms with van der Waals surface area (Å²) in [5.74, 6) is 3.23. The zero-order chi connectivity index (χ0) is 22.6. The van der Waals surface area contributed by atoms with Crippen molar-refractivity contribution in [3.8, 4) is 5.82 Å². The van der Waals surface area contributed by atoms with Crippen LogP contribution in [-0.2, 0) is 6.54 Å². The molecule has 34 heavy (non-hydrogen) atoms. The van der Waals surface area contributed by atoms with Crippen molar-refractivity contribution in [2.45, 2.75) is 26.3 Å². The molecule has 0 spiro atoms. The van der Waals surface area contributed by atoms with Gasteiger partial charge in [0.15, 0.2) is 17.5 Å². The van der Waals surface area contributed by atoms with Crippen molar-refractivity contribution in [1.29, 1.82) is 0 Å². The van der Waals surface area contributed by atoms with E-state index in [9.17, 15) is 5.11 Å². The lowest BCUT2D eigenvalue weighted by Gasteiger charge is -2.38. The first-order valence-electron chi connectivity index (χ1n) is 11.8. The molecule has 0 bridgehead atoms. The summed E-state index contributed by atoms with van der Waals surface area (Å²) < 4.78 is 1.91. The Hall–Kier alpha value is -2.75. The fourth-order valence-electron chi connectivity index (χ4n) is 4.76. The Morgan fingerprint density at radius 1 is 0.882 bits per heavy atom. The van der Waals surface area contributed by atoms with Crippen LogP contribution in [-0.4, -0.2) is 80.6 Å². The second kappa shape index (κ2) is 11.1. The fourth-order valence-corrected chi connectivity index (χ4v) is 4.76. The van der Waals surface area contributed by atoms with Crippen LogP contribution >= 0.6 is 12.4 Å². The number of anilines is 2. The number of piperidine rings is 1. The number of piperazine rings is 1. The molecule has 2 aliphatic heterocycles. The van der Waals surface area contributed by atoms with E-state index >= 15 is 0 Å². The molecule has 3 aromatic heterocycles. The number of nitrogens with zero attached hydrogens (tertiary/aromatic N) is 8. The Morgan fingerprint density at radius 2 is 1.56 bits per heavy atom. The van der Waals surface area contributed by atoms with Gasteiger partial charge in [-0.1, -0.05) is 6.07 Å². The van der Waals surface area contributed by atoms with Crippen molar-refractivity contribution in [2.75, 3.05) is 55.7 Å². The Morgan fingerprint density at radius 3 is 2.18 bits per heavy atom. The summed E-state index contributed by atoms with van der Waals surface area (Å²) in [5, 5.41) is 14.0. The predicted molar refractivity (Wildman–Crippen MR) is 135 cm³/mol. The molecule has 2 fully saturated rings. The molecule has 0 atom stereocenters. The third kappa shape index (κ3) is 5.16. The molecule has 9 nitrogen and oxygen atoms in total. The lowest BCUT2D eigenvalue weighted by Crippen LogP contribution is -2.47. The SMILES string of the molecule is Cc1c(CN2CCN(c3nccnc3N3CCC(CO)CC3)CC2)cnn1-c1ccccn1.Cl. The summed E-state index contributed by atoms with van der Waals surface area (Å²) in [5.41, 5.74) is 2.37. The van der Waals surface area contributed by atoms with Crippen LogP contribution in [0, 0.1) is 12.8 Å². The number of rotatable bonds is 6. The first kappa shape index (κ1) is 24.4. The van der Waals surface area contributed by atoms with Gasteiger partial charge in [-0.25, -0.2) is 19.6 Å². The second-order valence-corrected chi connectivity index (χ2v) is 8.93. The van der Waals surface area contributed by atoms with Crippen LogP contribution in [0.15, 0.2) is 43.0 Å². The van der Waals surface area contributed by atoms with Gasteiger partial charge in [0.25, 0.3) is 0 Å². The van der Waals surface area contributed by atoms with E-state index in [-0.39, 0.29) is 19.0 Å². The van der Waals surface area contributed by atoms with Gasteiger partial charge in [-0.2, -0.15) is 5.10 Å². The number of hydrogen-bond acceptors (Lipinski definition) is 8. The van der Waals surface area contributed by atoms with Gasteiger partial charge in [0.05, 0.1) is 6.20 Å². The van der Waals surface area contributed by atoms with Crippen LogP contribution in [0.3, 0.4) is 0 Å². The van der Waals surface area contributed by atoms with E-state index in [2.05, 4.69) is 36.7 Å². The molecule has 10 heteroatoms. The molecule has 2 aliphatic rings. The molecule has 0 unspecified atom stereocenters. The van der Waals surface area contributed by atoms with Crippen LogP contribution in [0.2, 0.25) is 0 Å². The van der Waals surface area contributed by atoms with Gasteiger partial charge in [0, 0.05) is 82.3 Å². The molecule has 0 amide bonds. The van der Waals surface area contributed by atoms with Crippen LogP contribution in [0.5, 0.6) is 0 Å². The summed E-state index contributed by atoms with van der Waals surface area (Å²) >= 11 is 0. The van der Waals surface area contributed by atoms with E-state index in [1.807, 2.05) is 29.1 Å². The molecular weight excluding hydrogens is 452 g/mol. The van der Waals surface area contributed by atoms with Crippen molar-refractivity contribution in [3.05, 3.63) is 54.2 Å². The number of pyridine rings is 1. The molecular formula is C24H33ClN8O. The highest BCUT2D eigenvalue weighted by atomic mass is 35.5. The molecule has 5 heterocycles. The third-order valence-electron chi connectivity index (χ3n) is 6.88. The molecule has 0 radical (unpaired) electrons. The monoisotopic (exact) mass is 484 g/mol. The Bertz CT molecular complexity index is 1050. The summed E-state index contributed by atoms with van der Waals surface area (Å²) in [6.45, 7) is 8.91. The van der Waals surface area contributed by atoms with Crippen LogP contribution < -0.4 is 9.80 Å². The first-order valence-corrected chi connectivity index (χ1v) is 11.8. The molecule has 0 aromatic carbocycles. The van der Waals surface area contributed by atoms with Gasteiger partial charge in [0.1, 0.15) is 0 Å².